The molecule has 0 saturated heterocycles. The lowest BCUT2D eigenvalue weighted by molar-refractivity contribution is -0.384. The number of nitrogens with zero attached hydrogens (tertiary/aromatic N) is 3. The van der Waals surface area contributed by atoms with Crippen molar-refractivity contribution < 1.29 is 4.92 Å². The van der Waals surface area contributed by atoms with E-state index in [-0.39, 0.29) is 21.5 Å². The Balaban J connectivity index is 2.90. The van der Waals surface area contributed by atoms with E-state index in [0.717, 1.165) is 0 Å². The van der Waals surface area contributed by atoms with Crippen molar-refractivity contribution in [2.75, 3.05) is 0 Å². The molecular formula is C8H3Cl2N3O2. The Kier molecular flexibility index (Phi) is 2.42. The first kappa shape index (κ1) is 10.1. The Labute approximate surface area is 93.8 Å². The summed E-state index contributed by atoms with van der Waals surface area (Å²) in [6.07, 6.45) is 1.51. The Morgan fingerprint density at radius 3 is 2.80 bits per heavy atom. The molecule has 0 amide bonds. The topological polar surface area (TPSA) is 68.9 Å². The van der Waals surface area contributed by atoms with Gasteiger partial charge < -0.3 is 0 Å². The first-order valence-electron chi connectivity index (χ1n) is 3.85. The van der Waals surface area contributed by atoms with Gasteiger partial charge in [0.2, 0.25) is 5.15 Å². The highest BCUT2D eigenvalue weighted by molar-refractivity contribution is 6.41. The summed E-state index contributed by atoms with van der Waals surface area (Å²) in [5.74, 6) is 0. The molecule has 0 saturated carbocycles. The summed E-state index contributed by atoms with van der Waals surface area (Å²) < 4.78 is 0. The second-order valence-electron chi connectivity index (χ2n) is 2.70. The van der Waals surface area contributed by atoms with Crippen LogP contribution in [-0.4, -0.2) is 14.9 Å². The maximum Gasteiger partial charge on any atom is 0.325 e. The first-order chi connectivity index (χ1) is 7.11. The molecule has 15 heavy (non-hydrogen) atoms. The molecule has 2 aromatic rings. The lowest BCUT2D eigenvalue weighted by Crippen LogP contribution is -1.95. The first-order valence-corrected chi connectivity index (χ1v) is 4.61. The maximum absolute atomic E-state index is 10.7. The van der Waals surface area contributed by atoms with Gasteiger partial charge >= 0.3 is 5.69 Å². The van der Waals surface area contributed by atoms with Gasteiger partial charge in [-0.3, -0.25) is 10.1 Å². The van der Waals surface area contributed by atoms with Crippen LogP contribution in [0.25, 0.3) is 11.0 Å². The van der Waals surface area contributed by atoms with E-state index in [2.05, 4.69) is 9.97 Å². The highest BCUT2D eigenvalue weighted by Gasteiger charge is 2.22. The van der Waals surface area contributed by atoms with Crippen LogP contribution in [0.2, 0.25) is 10.2 Å². The minimum absolute atomic E-state index is 0.0388. The van der Waals surface area contributed by atoms with Crippen LogP contribution in [0.1, 0.15) is 0 Å². The summed E-state index contributed by atoms with van der Waals surface area (Å²) in [5, 5.41) is 10.8. The Bertz CT molecular complexity index is 559. The molecule has 5 nitrogen and oxygen atoms in total. The van der Waals surface area contributed by atoms with Crippen molar-refractivity contribution >= 4 is 39.9 Å². The molecule has 0 aliphatic carbocycles. The van der Waals surface area contributed by atoms with Gasteiger partial charge in [0.25, 0.3) is 0 Å². The number of fused-ring (bicyclic) bond motifs is 1. The molecule has 0 fully saturated rings. The van der Waals surface area contributed by atoms with Crippen molar-refractivity contribution in [2.24, 2.45) is 0 Å². The molecule has 0 N–H and O–H groups in total. The largest absolute Gasteiger partial charge is 0.325 e. The van der Waals surface area contributed by atoms with Crippen molar-refractivity contribution in [1.82, 2.24) is 9.97 Å². The van der Waals surface area contributed by atoms with Crippen LogP contribution in [0.3, 0.4) is 0 Å². The smallest absolute Gasteiger partial charge is 0.258 e. The minimum atomic E-state index is -0.663. The van der Waals surface area contributed by atoms with Gasteiger partial charge in [0.05, 0.1) is 4.92 Å². The number of hydrogen-bond donors (Lipinski definition) is 0. The van der Waals surface area contributed by atoms with Crippen LogP contribution in [0.5, 0.6) is 0 Å². The minimum Gasteiger partial charge on any atom is -0.258 e. The average molecular weight is 244 g/mol. The summed E-state index contributed by atoms with van der Waals surface area (Å²) in [5.41, 5.74) is -0.100. The zero-order valence-electron chi connectivity index (χ0n) is 7.15. The number of halogens is 2. The van der Waals surface area contributed by atoms with Crippen molar-refractivity contribution in [3.05, 3.63) is 38.6 Å². The van der Waals surface area contributed by atoms with Crippen LogP contribution >= 0.6 is 23.2 Å². The summed E-state index contributed by atoms with van der Waals surface area (Å²) in [6, 6.07) is 3.22. The zero-order chi connectivity index (χ0) is 11.0. The van der Waals surface area contributed by atoms with Gasteiger partial charge in [-0.15, -0.1) is 0 Å². The van der Waals surface area contributed by atoms with Crippen LogP contribution < -0.4 is 0 Å². The maximum atomic E-state index is 10.7. The van der Waals surface area contributed by atoms with Crippen molar-refractivity contribution in [1.29, 1.82) is 0 Å². The molecule has 0 aliphatic heterocycles. The van der Waals surface area contributed by atoms with Crippen LogP contribution in [0.4, 0.5) is 5.69 Å². The molecule has 0 atom stereocenters. The summed E-state index contributed by atoms with van der Waals surface area (Å²) in [6.45, 7) is 0. The van der Waals surface area contributed by atoms with E-state index in [1.165, 1.54) is 6.20 Å². The predicted molar refractivity (Wildman–Crippen MR) is 56.2 cm³/mol. The number of hydrogen-bond acceptors (Lipinski definition) is 4. The quantitative estimate of drug-likeness (QED) is 0.439. The van der Waals surface area contributed by atoms with Gasteiger partial charge in [-0.25, -0.2) is 9.97 Å². The Morgan fingerprint density at radius 1 is 1.40 bits per heavy atom. The third-order valence-electron chi connectivity index (χ3n) is 1.81. The van der Waals surface area contributed by atoms with Crippen LogP contribution in [0, 0.1) is 10.1 Å². The fourth-order valence-corrected chi connectivity index (χ4v) is 1.77. The normalized spacial score (nSPS) is 10.5. The monoisotopic (exact) mass is 243 g/mol. The molecule has 0 aromatic carbocycles. The third-order valence-corrected chi connectivity index (χ3v) is 2.46. The predicted octanol–water partition coefficient (Wildman–Crippen LogP) is 2.84. The molecule has 2 rings (SSSR count). The second-order valence-corrected chi connectivity index (χ2v) is 3.43. The number of nitro groups is 1. The molecule has 0 radical (unpaired) electrons. The molecule has 0 unspecified atom stereocenters. The van der Waals surface area contributed by atoms with E-state index in [1.807, 2.05) is 0 Å². The summed E-state index contributed by atoms with van der Waals surface area (Å²) >= 11 is 11.5. The second kappa shape index (κ2) is 3.60. The van der Waals surface area contributed by atoms with E-state index in [0.29, 0.717) is 5.39 Å². The molecule has 7 heteroatoms. The van der Waals surface area contributed by atoms with Gasteiger partial charge in [0.1, 0.15) is 5.02 Å². The fourth-order valence-electron chi connectivity index (χ4n) is 1.18. The number of aromatic nitrogens is 2. The summed E-state index contributed by atoms with van der Waals surface area (Å²) in [4.78, 5) is 17.7. The van der Waals surface area contributed by atoms with E-state index in [4.69, 9.17) is 23.2 Å². The van der Waals surface area contributed by atoms with Crippen molar-refractivity contribution in [3.8, 4) is 0 Å². The standard InChI is InChI=1S/C8H3Cl2N3O2/c9-5-4-2-1-3-11-8(4)12-7(10)6(5)13(14)15/h1-3H. The molecule has 0 bridgehead atoms. The van der Waals surface area contributed by atoms with Crippen molar-refractivity contribution in [2.45, 2.75) is 0 Å². The number of pyridine rings is 2. The highest BCUT2D eigenvalue weighted by Crippen LogP contribution is 2.35. The molecule has 0 aliphatic rings. The molecule has 0 spiro atoms. The van der Waals surface area contributed by atoms with E-state index >= 15 is 0 Å². The third kappa shape index (κ3) is 1.60. The van der Waals surface area contributed by atoms with Gasteiger partial charge in [-0.1, -0.05) is 23.2 Å². The van der Waals surface area contributed by atoms with Gasteiger partial charge in [0.15, 0.2) is 5.65 Å². The van der Waals surface area contributed by atoms with Gasteiger partial charge in [0, 0.05) is 11.6 Å². The Morgan fingerprint density at radius 2 is 2.13 bits per heavy atom. The van der Waals surface area contributed by atoms with E-state index in [9.17, 15) is 10.1 Å². The Hall–Kier alpha value is -1.46. The van der Waals surface area contributed by atoms with Crippen molar-refractivity contribution in [3.63, 3.8) is 0 Å². The highest BCUT2D eigenvalue weighted by atomic mass is 35.5. The lowest BCUT2D eigenvalue weighted by Gasteiger charge is -2.01. The molecule has 2 heterocycles. The van der Waals surface area contributed by atoms with Crippen LogP contribution in [-0.2, 0) is 0 Å². The lowest BCUT2D eigenvalue weighted by atomic mass is 10.3. The SMILES string of the molecule is O=[N+]([O-])c1c(Cl)nc2ncccc2c1Cl. The molecular weight excluding hydrogens is 241 g/mol. The molecule has 76 valence electrons. The van der Waals surface area contributed by atoms with E-state index < -0.39 is 4.92 Å². The number of rotatable bonds is 1. The summed E-state index contributed by atoms with van der Waals surface area (Å²) in [7, 11) is 0. The zero-order valence-corrected chi connectivity index (χ0v) is 8.66. The van der Waals surface area contributed by atoms with E-state index in [1.54, 1.807) is 12.1 Å². The fraction of sp³-hybridized carbons (Fsp3) is 0. The van der Waals surface area contributed by atoms with Gasteiger partial charge in [-0.2, -0.15) is 0 Å². The molecule has 2 aromatic heterocycles. The van der Waals surface area contributed by atoms with Crippen LogP contribution in [0.15, 0.2) is 18.3 Å². The van der Waals surface area contributed by atoms with Gasteiger partial charge in [-0.05, 0) is 12.1 Å². The average Bonchev–Trinajstić information content (AvgIpc) is 2.17.